The highest BCUT2D eigenvalue weighted by Crippen LogP contribution is 2.49. The molecule has 1 aromatic heterocycles. The third-order valence-electron chi connectivity index (χ3n) is 5.39. The maximum absolute atomic E-state index is 12.9. The molecule has 1 saturated heterocycles. The molecule has 2 aliphatic rings. The Labute approximate surface area is 136 Å². The standard InChI is InChI=1S/C19H23N3O/c1-13-5-2-3-7-15(13)16-11-17(16)19(23)22-10-4-6-14(12-22)18-8-9-20-21-18/h2-3,5,7-9,14,16-17H,4,6,10-12H2,1H3,(H,20,21)/t14-,16-,17+/m0/s1. The summed E-state index contributed by atoms with van der Waals surface area (Å²) in [4.78, 5) is 15.0. The normalized spacial score (nSPS) is 27.0. The summed E-state index contributed by atoms with van der Waals surface area (Å²) < 4.78 is 0. The van der Waals surface area contributed by atoms with E-state index in [9.17, 15) is 4.79 Å². The first-order chi connectivity index (χ1) is 11.2. The number of nitrogens with zero attached hydrogens (tertiary/aromatic N) is 2. The monoisotopic (exact) mass is 309 g/mol. The first kappa shape index (κ1) is 14.5. The van der Waals surface area contributed by atoms with Crippen molar-refractivity contribution >= 4 is 5.91 Å². The largest absolute Gasteiger partial charge is 0.342 e. The molecule has 0 unspecified atom stereocenters. The average molecular weight is 309 g/mol. The van der Waals surface area contributed by atoms with Gasteiger partial charge >= 0.3 is 0 Å². The molecule has 1 aliphatic heterocycles. The first-order valence-corrected chi connectivity index (χ1v) is 8.57. The number of likely N-dealkylation sites (tertiary alicyclic amines) is 1. The van der Waals surface area contributed by atoms with Gasteiger partial charge in [-0.15, -0.1) is 0 Å². The van der Waals surface area contributed by atoms with E-state index in [2.05, 4.69) is 46.3 Å². The summed E-state index contributed by atoms with van der Waals surface area (Å²) in [6.45, 7) is 3.88. The minimum atomic E-state index is 0.191. The van der Waals surface area contributed by atoms with Gasteiger partial charge in [0.1, 0.15) is 0 Å². The van der Waals surface area contributed by atoms with Crippen molar-refractivity contribution in [1.29, 1.82) is 0 Å². The summed E-state index contributed by atoms with van der Waals surface area (Å²) >= 11 is 0. The van der Waals surface area contributed by atoms with Crippen molar-refractivity contribution in [2.45, 2.75) is 38.0 Å². The van der Waals surface area contributed by atoms with E-state index in [0.717, 1.165) is 38.0 Å². The molecule has 4 heteroatoms. The first-order valence-electron chi connectivity index (χ1n) is 8.57. The van der Waals surface area contributed by atoms with Gasteiger partial charge in [-0.2, -0.15) is 5.10 Å². The van der Waals surface area contributed by atoms with Crippen molar-refractivity contribution in [1.82, 2.24) is 15.1 Å². The van der Waals surface area contributed by atoms with Crippen molar-refractivity contribution < 1.29 is 4.79 Å². The smallest absolute Gasteiger partial charge is 0.226 e. The fourth-order valence-electron chi connectivity index (χ4n) is 3.97. The second-order valence-corrected chi connectivity index (χ2v) is 6.94. The molecule has 120 valence electrons. The van der Waals surface area contributed by atoms with Gasteiger partial charge in [0.2, 0.25) is 5.91 Å². The van der Waals surface area contributed by atoms with Crippen molar-refractivity contribution in [3.63, 3.8) is 0 Å². The molecule has 1 aliphatic carbocycles. The molecule has 1 amide bonds. The van der Waals surface area contributed by atoms with Gasteiger partial charge in [0, 0.05) is 36.8 Å². The minimum absolute atomic E-state index is 0.191. The van der Waals surface area contributed by atoms with Crippen LogP contribution in [-0.4, -0.2) is 34.1 Å². The van der Waals surface area contributed by atoms with E-state index in [0.29, 0.717) is 17.7 Å². The minimum Gasteiger partial charge on any atom is -0.342 e. The van der Waals surface area contributed by atoms with Gasteiger partial charge in [-0.3, -0.25) is 9.89 Å². The Morgan fingerprint density at radius 1 is 1.30 bits per heavy atom. The van der Waals surface area contributed by atoms with Crippen LogP contribution in [0, 0.1) is 12.8 Å². The van der Waals surface area contributed by atoms with Crippen LogP contribution in [0.25, 0.3) is 0 Å². The molecule has 23 heavy (non-hydrogen) atoms. The number of aromatic amines is 1. The molecule has 4 rings (SSSR count). The summed E-state index contributed by atoms with van der Waals surface area (Å²) in [5.41, 5.74) is 3.82. The van der Waals surface area contributed by atoms with Crippen LogP contribution in [0.5, 0.6) is 0 Å². The zero-order valence-corrected chi connectivity index (χ0v) is 13.5. The van der Waals surface area contributed by atoms with Crippen molar-refractivity contribution in [3.05, 3.63) is 53.3 Å². The number of amides is 1. The Balaban J connectivity index is 1.43. The molecule has 0 radical (unpaired) electrons. The molecule has 2 fully saturated rings. The van der Waals surface area contributed by atoms with Gasteiger partial charge in [-0.1, -0.05) is 24.3 Å². The van der Waals surface area contributed by atoms with E-state index >= 15 is 0 Å². The zero-order valence-electron chi connectivity index (χ0n) is 13.5. The fourth-order valence-corrected chi connectivity index (χ4v) is 3.97. The van der Waals surface area contributed by atoms with E-state index in [1.54, 1.807) is 6.20 Å². The van der Waals surface area contributed by atoms with Crippen LogP contribution < -0.4 is 0 Å². The van der Waals surface area contributed by atoms with Crippen molar-refractivity contribution in [2.24, 2.45) is 5.92 Å². The summed E-state index contributed by atoms with van der Waals surface area (Å²) in [6.07, 6.45) is 5.02. The maximum Gasteiger partial charge on any atom is 0.226 e. The quantitative estimate of drug-likeness (QED) is 0.946. The van der Waals surface area contributed by atoms with Crippen LogP contribution in [-0.2, 0) is 4.79 Å². The summed E-state index contributed by atoms with van der Waals surface area (Å²) in [6, 6.07) is 10.5. The molecule has 1 N–H and O–H groups in total. The van der Waals surface area contributed by atoms with Gasteiger partial charge in [-0.25, -0.2) is 0 Å². The predicted octanol–water partition coefficient (Wildman–Crippen LogP) is 3.23. The highest BCUT2D eigenvalue weighted by atomic mass is 16.2. The Bertz CT molecular complexity index is 694. The lowest BCUT2D eigenvalue weighted by Crippen LogP contribution is -2.40. The maximum atomic E-state index is 12.9. The number of carbonyl (C=O) groups is 1. The number of rotatable bonds is 3. The molecule has 1 saturated carbocycles. The van der Waals surface area contributed by atoms with Gasteiger partial charge < -0.3 is 4.90 Å². The number of hydrogen-bond acceptors (Lipinski definition) is 2. The third-order valence-corrected chi connectivity index (χ3v) is 5.39. The molecule has 0 spiro atoms. The number of benzene rings is 1. The lowest BCUT2D eigenvalue weighted by Gasteiger charge is -2.32. The highest BCUT2D eigenvalue weighted by Gasteiger charge is 2.46. The Morgan fingerprint density at radius 3 is 2.96 bits per heavy atom. The summed E-state index contributed by atoms with van der Waals surface area (Å²) in [5.74, 6) is 1.38. The molecule has 2 heterocycles. The Hall–Kier alpha value is -2.10. The average Bonchev–Trinajstić information content (AvgIpc) is 3.17. The second kappa shape index (κ2) is 5.84. The molecule has 2 aromatic rings. The van der Waals surface area contributed by atoms with Gasteiger partial charge in [0.25, 0.3) is 0 Å². The summed E-state index contributed by atoms with van der Waals surface area (Å²) in [7, 11) is 0. The Morgan fingerprint density at radius 2 is 2.17 bits per heavy atom. The summed E-state index contributed by atoms with van der Waals surface area (Å²) in [5, 5.41) is 7.11. The lowest BCUT2D eigenvalue weighted by molar-refractivity contribution is -0.133. The Kier molecular flexibility index (Phi) is 3.68. The van der Waals surface area contributed by atoms with Gasteiger partial charge in [0.15, 0.2) is 0 Å². The van der Waals surface area contributed by atoms with Gasteiger partial charge in [0.05, 0.1) is 0 Å². The number of nitrogens with one attached hydrogen (secondary N) is 1. The van der Waals surface area contributed by atoms with E-state index in [1.165, 1.54) is 11.1 Å². The number of H-pyrrole nitrogens is 1. The number of piperidine rings is 1. The van der Waals surface area contributed by atoms with E-state index < -0.39 is 0 Å². The lowest BCUT2D eigenvalue weighted by atomic mass is 9.94. The molecular weight excluding hydrogens is 286 g/mol. The number of aromatic nitrogens is 2. The fraction of sp³-hybridized carbons (Fsp3) is 0.474. The predicted molar refractivity (Wildman–Crippen MR) is 89.2 cm³/mol. The highest BCUT2D eigenvalue weighted by molar-refractivity contribution is 5.83. The number of carbonyl (C=O) groups excluding carboxylic acids is 1. The van der Waals surface area contributed by atoms with Gasteiger partial charge in [-0.05, 0) is 49.3 Å². The van der Waals surface area contributed by atoms with Crippen LogP contribution in [0.2, 0.25) is 0 Å². The molecule has 1 aromatic carbocycles. The van der Waals surface area contributed by atoms with Crippen molar-refractivity contribution in [3.8, 4) is 0 Å². The molecule has 4 nitrogen and oxygen atoms in total. The molecule has 0 bridgehead atoms. The van der Waals surface area contributed by atoms with Crippen LogP contribution >= 0.6 is 0 Å². The van der Waals surface area contributed by atoms with Crippen LogP contribution in [0.1, 0.15) is 47.9 Å². The number of hydrogen-bond donors (Lipinski definition) is 1. The zero-order chi connectivity index (χ0) is 15.8. The van der Waals surface area contributed by atoms with E-state index in [1.807, 2.05) is 6.07 Å². The second-order valence-electron chi connectivity index (χ2n) is 6.94. The van der Waals surface area contributed by atoms with E-state index in [-0.39, 0.29) is 5.92 Å². The third kappa shape index (κ3) is 2.78. The van der Waals surface area contributed by atoms with Crippen molar-refractivity contribution in [2.75, 3.05) is 13.1 Å². The number of aryl methyl sites for hydroxylation is 1. The van der Waals surface area contributed by atoms with E-state index in [4.69, 9.17) is 0 Å². The SMILES string of the molecule is Cc1ccccc1[C@@H]1C[C@H]1C(=O)N1CCC[C@H](c2ccn[nH]2)C1. The molecular formula is C19H23N3O. The van der Waals surface area contributed by atoms with Crippen LogP contribution in [0.4, 0.5) is 0 Å². The van der Waals surface area contributed by atoms with Crippen LogP contribution in [0.15, 0.2) is 36.5 Å². The van der Waals surface area contributed by atoms with Crippen LogP contribution in [0.3, 0.4) is 0 Å². The topological polar surface area (TPSA) is 49.0 Å². The molecule has 3 atom stereocenters.